The molecule has 0 spiro atoms. The van der Waals surface area contributed by atoms with Crippen LogP contribution in [0.1, 0.15) is 22.3 Å². The minimum atomic E-state index is -0.480. The first kappa shape index (κ1) is 14.1. The number of nitrogens with two attached hydrogens (primary N) is 1. The number of nitro groups is 1. The zero-order valence-corrected chi connectivity index (χ0v) is 10.5. The smallest absolute Gasteiger partial charge is 0.273 e. The number of nitro benzene ring substituents is 1. The number of hydrogen-bond donors (Lipinski definition) is 1. The van der Waals surface area contributed by atoms with Crippen LogP contribution in [0.4, 0.5) is 5.69 Å². The number of rotatable bonds is 5. The summed E-state index contributed by atoms with van der Waals surface area (Å²) in [5.74, 6) is -0.218. The van der Waals surface area contributed by atoms with Gasteiger partial charge in [-0.2, -0.15) is 0 Å². The molecule has 1 amide bonds. The Bertz CT molecular complexity index is 460. The van der Waals surface area contributed by atoms with Crippen LogP contribution in [0.3, 0.4) is 0 Å². The van der Waals surface area contributed by atoms with Gasteiger partial charge >= 0.3 is 0 Å². The van der Waals surface area contributed by atoms with Crippen molar-refractivity contribution in [2.45, 2.75) is 13.3 Å². The average Bonchev–Trinajstić information content (AvgIpc) is 2.35. The minimum absolute atomic E-state index is 0.0342. The highest BCUT2D eigenvalue weighted by atomic mass is 16.6. The summed E-state index contributed by atoms with van der Waals surface area (Å²) in [6, 6.07) is 4.52. The van der Waals surface area contributed by atoms with Crippen LogP contribution in [0.15, 0.2) is 18.2 Å². The Balaban J connectivity index is 2.99. The Kier molecular flexibility index (Phi) is 4.79. The molecule has 1 aromatic rings. The molecule has 0 bridgehead atoms. The third-order valence-corrected chi connectivity index (χ3v) is 2.78. The van der Waals surface area contributed by atoms with Crippen LogP contribution in [0.25, 0.3) is 0 Å². The van der Waals surface area contributed by atoms with E-state index in [2.05, 4.69) is 0 Å². The number of benzene rings is 1. The molecule has 0 aliphatic carbocycles. The molecule has 0 unspecified atom stereocenters. The van der Waals surface area contributed by atoms with E-state index in [4.69, 9.17) is 5.73 Å². The summed E-state index contributed by atoms with van der Waals surface area (Å²) in [5.41, 5.74) is 6.11. The van der Waals surface area contributed by atoms with E-state index in [0.29, 0.717) is 30.6 Å². The van der Waals surface area contributed by atoms with E-state index in [0.717, 1.165) is 0 Å². The fraction of sp³-hybridized carbons (Fsp3) is 0.417. The van der Waals surface area contributed by atoms with Crippen molar-refractivity contribution in [3.05, 3.63) is 39.4 Å². The third-order valence-electron chi connectivity index (χ3n) is 2.78. The van der Waals surface area contributed by atoms with Crippen molar-refractivity contribution >= 4 is 11.6 Å². The van der Waals surface area contributed by atoms with Gasteiger partial charge in [-0.1, -0.05) is 6.07 Å². The van der Waals surface area contributed by atoms with Gasteiger partial charge in [0, 0.05) is 30.8 Å². The van der Waals surface area contributed by atoms with Gasteiger partial charge in [-0.3, -0.25) is 14.9 Å². The van der Waals surface area contributed by atoms with Crippen LogP contribution in [0, 0.1) is 17.0 Å². The van der Waals surface area contributed by atoms with Crippen LogP contribution in [0.2, 0.25) is 0 Å². The second-order valence-corrected chi connectivity index (χ2v) is 4.08. The molecule has 98 valence electrons. The zero-order valence-electron chi connectivity index (χ0n) is 10.5. The molecule has 0 aliphatic rings. The van der Waals surface area contributed by atoms with E-state index < -0.39 is 4.92 Å². The molecule has 18 heavy (non-hydrogen) atoms. The normalized spacial score (nSPS) is 10.2. The van der Waals surface area contributed by atoms with Gasteiger partial charge in [0.05, 0.1) is 4.92 Å². The van der Waals surface area contributed by atoms with E-state index in [1.807, 2.05) is 0 Å². The molecule has 1 rings (SSSR count). The largest absolute Gasteiger partial charge is 0.342 e. The summed E-state index contributed by atoms with van der Waals surface area (Å²) >= 11 is 0. The van der Waals surface area contributed by atoms with Crippen molar-refractivity contribution in [2.24, 2.45) is 5.73 Å². The van der Waals surface area contributed by atoms with Crippen LogP contribution in [-0.2, 0) is 0 Å². The lowest BCUT2D eigenvalue weighted by Crippen LogP contribution is -2.29. The highest BCUT2D eigenvalue weighted by Crippen LogP contribution is 2.21. The molecular weight excluding hydrogens is 234 g/mol. The Labute approximate surface area is 106 Å². The minimum Gasteiger partial charge on any atom is -0.342 e. The Morgan fingerprint density at radius 3 is 2.72 bits per heavy atom. The van der Waals surface area contributed by atoms with E-state index in [1.54, 1.807) is 20.0 Å². The molecule has 0 heterocycles. The molecule has 1 aromatic carbocycles. The van der Waals surface area contributed by atoms with Crippen molar-refractivity contribution in [3.8, 4) is 0 Å². The molecule has 0 saturated heterocycles. The maximum atomic E-state index is 12.1. The van der Waals surface area contributed by atoms with Crippen molar-refractivity contribution in [1.29, 1.82) is 0 Å². The van der Waals surface area contributed by atoms with E-state index >= 15 is 0 Å². The molecule has 6 heteroatoms. The summed E-state index contributed by atoms with van der Waals surface area (Å²) in [4.78, 5) is 24.0. The summed E-state index contributed by atoms with van der Waals surface area (Å²) in [7, 11) is 1.66. The monoisotopic (exact) mass is 251 g/mol. The van der Waals surface area contributed by atoms with Crippen LogP contribution in [0.5, 0.6) is 0 Å². The van der Waals surface area contributed by atoms with Gasteiger partial charge in [-0.05, 0) is 26.0 Å². The maximum Gasteiger partial charge on any atom is 0.273 e. The second-order valence-electron chi connectivity index (χ2n) is 4.08. The standard InChI is InChI=1S/C12H17N3O3/c1-9-10(5-3-6-11(9)15(17)18)12(16)14(2)8-4-7-13/h3,5-6H,4,7-8,13H2,1-2H3. The van der Waals surface area contributed by atoms with Gasteiger partial charge in [-0.25, -0.2) is 0 Å². The first-order chi connectivity index (χ1) is 8.49. The molecule has 0 radical (unpaired) electrons. The van der Waals surface area contributed by atoms with Gasteiger partial charge in [-0.15, -0.1) is 0 Å². The fourth-order valence-corrected chi connectivity index (χ4v) is 1.69. The highest BCUT2D eigenvalue weighted by molar-refractivity contribution is 5.96. The summed E-state index contributed by atoms with van der Waals surface area (Å²) < 4.78 is 0. The highest BCUT2D eigenvalue weighted by Gasteiger charge is 2.19. The van der Waals surface area contributed by atoms with Gasteiger partial charge in [0.15, 0.2) is 0 Å². The fourth-order valence-electron chi connectivity index (χ4n) is 1.69. The van der Waals surface area contributed by atoms with Gasteiger partial charge in [0.1, 0.15) is 0 Å². The molecule has 6 nitrogen and oxygen atoms in total. The number of carbonyl (C=O) groups is 1. The van der Waals surface area contributed by atoms with Crippen molar-refractivity contribution in [2.75, 3.05) is 20.1 Å². The molecule has 0 fully saturated rings. The first-order valence-electron chi connectivity index (χ1n) is 5.68. The zero-order chi connectivity index (χ0) is 13.7. The van der Waals surface area contributed by atoms with E-state index in [-0.39, 0.29) is 11.6 Å². The average molecular weight is 251 g/mol. The van der Waals surface area contributed by atoms with Gasteiger partial charge in [0.2, 0.25) is 0 Å². The number of nitrogens with zero attached hydrogens (tertiary/aromatic N) is 2. The Morgan fingerprint density at radius 2 is 2.17 bits per heavy atom. The second kappa shape index (κ2) is 6.11. The molecule has 0 saturated carbocycles. The van der Waals surface area contributed by atoms with Crippen LogP contribution < -0.4 is 5.73 Å². The van der Waals surface area contributed by atoms with E-state index in [1.165, 1.54) is 17.0 Å². The molecule has 2 N–H and O–H groups in total. The lowest BCUT2D eigenvalue weighted by Gasteiger charge is -2.17. The molecule has 0 atom stereocenters. The molecular formula is C12H17N3O3. The maximum absolute atomic E-state index is 12.1. The van der Waals surface area contributed by atoms with E-state index in [9.17, 15) is 14.9 Å². The Morgan fingerprint density at radius 1 is 1.50 bits per heavy atom. The third kappa shape index (κ3) is 3.04. The quantitative estimate of drug-likeness (QED) is 0.631. The lowest BCUT2D eigenvalue weighted by molar-refractivity contribution is -0.385. The summed E-state index contributed by atoms with van der Waals surface area (Å²) in [6.07, 6.45) is 0.705. The summed E-state index contributed by atoms with van der Waals surface area (Å²) in [5, 5.41) is 10.8. The summed E-state index contributed by atoms with van der Waals surface area (Å²) in [6.45, 7) is 2.63. The van der Waals surface area contributed by atoms with Gasteiger partial charge < -0.3 is 10.6 Å². The SMILES string of the molecule is Cc1c(C(=O)N(C)CCCN)cccc1[N+](=O)[O-]. The first-order valence-corrected chi connectivity index (χ1v) is 5.68. The molecule has 0 aromatic heterocycles. The number of carbonyl (C=O) groups excluding carboxylic acids is 1. The van der Waals surface area contributed by atoms with Crippen molar-refractivity contribution in [3.63, 3.8) is 0 Å². The van der Waals surface area contributed by atoms with Crippen LogP contribution >= 0.6 is 0 Å². The van der Waals surface area contributed by atoms with Crippen LogP contribution in [-0.4, -0.2) is 35.9 Å². The number of amides is 1. The van der Waals surface area contributed by atoms with Crippen molar-refractivity contribution < 1.29 is 9.72 Å². The number of hydrogen-bond acceptors (Lipinski definition) is 4. The Hall–Kier alpha value is -1.95. The predicted molar refractivity (Wildman–Crippen MR) is 68.5 cm³/mol. The lowest BCUT2D eigenvalue weighted by atomic mass is 10.1. The molecule has 0 aliphatic heterocycles. The van der Waals surface area contributed by atoms with Gasteiger partial charge in [0.25, 0.3) is 11.6 Å². The predicted octanol–water partition coefficient (Wildman–Crippen LogP) is 1.32. The topological polar surface area (TPSA) is 89.5 Å². The van der Waals surface area contributed by atoms with Crippen molar-refractivity contribution in [1.82, 2.24) is 4.90 Å².